The van der Waals surface area contributed by atoms with Gasteiger partial charge in [0.25, 0.3) is 0 Å². The molecule has 2 fully saturated rings. The number of hydrogen-bond donors (Lipinski definition) is 1. The molecule has 7 nitrogen and oxygen atoms in total. The molecule has 1 heterocycles. The van der Waals surface area contributed by atoms with E-state index in [9.17, 15) is 18.0 Å². The number of nitrogens with zero attached hydrogens (tertiary/aromatic N) is 2. The van der Waals surface area contributed by atoms with Gasteiger partial charge in [-0.3, -0.25) is 9.59 Å². The van der Waals surface area contributed by atoms with Crippen molar-refractivity contribution in [2.45, 2.75) is 69.2 Å². The molecule has 2 aromatic carbocycles. The molecule has 4 atom stereocenters. The highest BCUT2D eigenvalue weighted by molar-refractivity contribution is 7.90. The van der Waals surface area contributed by atoms with Gasteiger partial charge in [0.15, 0.2) is 0 Å². The minimum Gasteiger partial charge on any atom is -0.370 e. The number of nitrogens with two attached hydrogens (primary N) is 1. The lowest BCUT2D eigenvalue weighted by molar-refractivity contribution is -0.157. The van der Waals surface area contributed by atoms with Crippen molar-refractivity contribution in [2.24, 2.45) is 11.1 Å². The molecule has 0 bridgehead atoms. The Hall–Kier alpha value is -2.13. The zero-order valence-corrected chi connectivity index (χ0v) is 24.3. The Morgan fingerprint density at radius 1 is 1.13 bits per heavy atom. The van der Waals surface area contributed by atoms with E-state index >= 15 is 0 Å². The first-order chi connectivity index (χ1) is 17.9. The van der Waals surface area contributed by atoms with Crippen LogP contribution in [0.15, 0.2) is 48.5 Å². The van der Waals surface area contributed by atoms with E-state index < -0.39 is 33.4 Å². The Balaban J connectivity index is 1.86. The van der Waals surface area contributed by atoms with Crippen molar-refractivity contribution in [3.05, 3.63) is 69.7 Å². The van der Waals surface area contributed by atoms with Crippen molar-refractivity contribution in [2.75, 3.05) is 13.6 Å². The van der Waals surface area contributed by atoms with Gasteiger partial charge in [-0.2, -0.15) is 0 Å². The van der Waals surface area contributed by atoms with Crippen LogP contribution in [0.5, 0.6) is 0 Å². The van der Waals surface area contributed by atoms with Gasteiger partial charge in [0.2, 0.25) is 21.8 Å². The van der Waals surface area contributed by atoms with Crippen molar-refractivity contribution in [3.63, 3.8) is 0 Å². The lowest BCUT2D eigenvalue weighted by atomic mass is 9.67. The van der Waals surface area contributed by atoms with Gasteiger partial charge >= 0.3 is 0 Å². The van der Waals surface area contributed by atoms with Gasteiger partial charge in [0.05, 0.1) is 16.7 Å². The molecule has 1 saturated carbocycles. The van der Waals surface area contributed by atoms with Crippen LogP contribution < -0.4 is 5.73 Å². The highest BCUT2D eigenvalue weighted by atomic mass is 35.5. The van der Waals surface area contributed by atoms with Crippen molar-refractivity contribution >= 4 is 45.0 Å². The summed E-state index contributed by atoms with van der Waals surface area (Å²) in [6.07, 6.45) is 2.11. The molecule has 2 aromatic rings. The van der Waals surface area contributed by atoms with E-state index in [0.29, 0.717) is 35.7 Å². The van der Waals surface area contributed by atoms with Crippen molar-refractivity contribution in [3.8, 4) is 0 Å². The maximum absolute atomic E-state index is 14.4. The van der Waals surface area contributed by atoms with Crippen LogP contribution in [-0.2, 0) is 19.6 Å². The third kappa shape index (κ3) is 5.88. The highest BCUT2D eigenvalue weighted by Crippen LogP contribution is 2.52. The van der Waals surface area contributed by atoms with Crippen molar-refractivity contribution in [1.82, 2.24) is 9.21 Å². The monoisotopic (exact) mass is 579 g/mol. The average molecular weight is 581 g/mol. The molecule has 1 aliphatic heterocycles. The fourth-order valence-electron chi connectivity index (χ4n) is 5.77. The molecule has 1 saturated heterocycles. The molecular formula is C28H35Cl2N3O4S. The van der Waals surface area contributed by atoms with E-state index in [1.807, 2.05) is 37.3 Å². The minimum atomic E-state index is -3.45. The van der Waals surface area contributed by atoms with Crippen LogP contribution in [0.1, 0.15) is 69.0 Å². The first-order valence-corrected chi connectivity index (χ1v) is 15.2. The number of sulfonamides is 1. The highest BCUT2D eigenvalue weighted by Gasteiger charge is 2.52. The maximum atomic E-state index is 14.4. The number of carbonyl (C=O) groups excluding carboxylic acids is 2. The molecular weight excluding hydrogens is 545 g/mol. The summed E-state index contributed by atoms with van der Waals surface area (Å²) in [5.74, 6) is -0.994. The second-order valence-corrected chi connectivity index (χ2v) is 14.1. The topological polar surface area (TPSA) is 101 Å². The largest absolute Gasteiger partial charge is 0.370 e. The summed E-state index contributed by atoms with van der Waals surface area (Å²) in [6, 6.07) is 14.0. The Labute approximate surface area is 235 Å². The number of primary amides is 1. The van der Waals surface area contributed by atoms with Gasteiger partial charge in [-0.15, -0.1) is 0 Å². The second-order valence-electron chi connectivity index (χ2n) is 10.9. The first kappa shape index (κ1) is 28.9. The predicted octanol–water partition coefficient (Wildman–Crippen LogP) is 5.13. The number of piperidine rings is 1. The normalized spacial score (nSPS) is 25.0. The molecule has 4 rings (SSSR count). The Morgan fingerprint density at radius 3 is 2.34 bits per heavy atom. The standard InChI is InChI=1S/C28H35Cl2N3O4S/c1-4-22(17-32(3)38(36,37)23-12-13-23)33-26(18-8-10-20(29)11-9-18)24(19-6-5-7-21(30)14-19)15-28(2,27(33)35)16-25(31)34/h5-11,14,22-24,26H,4,12-13,15-17H2,1-3H3,(H2,31,34)/t22?,24?,26?,28-/m1/s1. The third-order valence-electron chi connectivity index (χ3n) is 7.87. The van der Waals surface area contributed by atoms with E-state index in [4.69, 9.17) is 28.9 Å². The number of likely N-dealkylation sites (N-methyl/N-ethyl adjacent to an activating group) is 1. The van der Waals surface area contributed by atoms with Crippen molar-refractivity contribution in [1.29, 1.82) is 0 Å². The summed E-state index contributed by atoms with van der Waals surface area (Å²) in [7, 11) is -1.87. The number of benzene rings is 2. The Kier molecular flexibility index (Phi) is 8.48. The van der Waals surface area contributed by atoms with Crippen LogP contribution in [-0.4, -0.2) is 54.3 Å². The fraction of sp³-hybridized carbons (Fsp3) is 0.500. The van der Waals surface area contributed by atoms with Crippen LogP contribution in [0.2, 0.25) is 10.0 Å². The molecule has 2 amide bonds. The molecule has 0 radical (unpaired) electrons. The number of rotatable bonds is 10. The molecule has 0 aromatic heterocycles. The number of halogens is 2. The van der Waals surface area contributed by atoms with Crippen LogP contribution in [0.3, 0.4) is 0 Å². The third-order valence-corrected chi connectivity index (χ3v) is 10.7. The SMILES string of the molecule is CCC(CN(C)S(=O)(=O)C1CC1)N1C(=O)[C@@](C)(CC(N)=O)CC(c2cccc(Cl)c2)C1c1ccc(Cl)cc1. The average Bonchev–Trinajstić information content (AvgIpc) is 3.70. The predicted molar refractivity (Wildman–Crippen MR) is 150 cm³/mol. The molecule has 2 aliphatic rings. The second kappa shape index (κ2) is 11.2. The van der Waals surface area contributed by atoms with Crippen LogP contribution >= 0.6 is 23.2 Å². The van der Waals surface area contributed by atoms with Crippen LogP contribution in [0.4, 0.5) is 0 Å². The zero-order valence-electron chi connectivity index (χ0n) is 21.9. The number of hydrogen-bond acceptors (Lipinski definition) is 4. The van der Waals surface area contributed by atoms with Gasteiger partial charge in [0, 0.05) is 42.0 Å². The summed E-state index contributed by atoms with van der Waals surface area (Å²) in [6.45, 7) is 3.88. The summed E-state index contributed by atoms with van der Waals surface area (Å²) in [5, 5.41) is 0.788. The van der Waals surface area contributed by atoms with E-state index in [1.165, 1.54) is 4.31 Å². The Morgan fingerprint density at radius 2 is 1.79 bits per heavy atom. The summed E-state index contributed by atoms with van der Waals surface area (Å²) < 4.78 is 27.4. The van der Waals surface area contributed by atoms with E-state index in [1.54, 1.807) is 37.1 Å². The van der Waals surface area contributed by atoms with E-state index in [-0.39, 0.29) is 30.0 Å². The number of likely N-dealkylation sites (tertiary alicyclic amines) is 1. The van der Waals surface area contributed by atoms with Crippen LogP contribution in [0.25, 0.3) is 0 Å². The molecule has 2 N–H and O–H groups in total. The molecule has 1 aliphatic carbocycles. The summed E-state index contributed by atoms with van der Waals surface area (Å²) >= 11 is 12.6. The zero-order chi connectivity index (χ0) is 27.8. The van der Waals surface area contributed by atoms with Crippen LogP contribution in [0, 0.1) is 5.41 Å². The van der Waals surface area contributed by atoms with Gasteiger partial charge in [0.1, 0.15) is 0 Å². The molecule has 38 heavy (non-hydrogen) atoms. The molecule has 3 unspecified atom stereocenters. The first-order valence-electron chi connectivity index (χ1n) is 12.9. The van der Waals surface area contributed by atoms with Gasteiger partial charge in [-0.25, -0.2) is 12.7 Å². The van der Waals surface area contributed by atoms with Gasteiger partial charge in [-0.05, 0) is 61.1 Å². The minimum absolute atomic E-state index is 0.112. The van der Waals surface area contributed by atoms with Crippen molar-refractivity contribution < 1.29 is 18.0 Å². The van der Waals surface area contributed by atoms with E-state index in [0.717, 1.165) is 11.1 Å². The summed E-state index contributed by atoms with van der Waals surface area (Å²) in [4.78, 5) is 28.3. The number of amides is 2. The molecule has 10 heteroatoms. The lowest BCUT2D eigenvalue weighted by Crippen LogP contribution is -2.58. The Bertz CT molecular complexity index is 1300. The summed E-state index contributed by atoms with van der Waals surface area (Å²) in [5.41, 5.74) is 6.38. The lowest BCUT2D eigenvalue weighted by Gasteiger charge is -2.52. The quantitative estimate of drug-likeness (QED) is 0.421. The molecule has 206 valence electrons. The van der Waals surface area contributed by atoms with E-state index in [2.05, 4.69) is 0 Å². The van der Waals surface area contributed by atoms with Gasteiger partial charge in [-0.1, -0.05) is 61.3 Å². The maximum Gasteiger partial charge on any atom is 0.229 e. The smallest absolute Gasteiger partial charge is 0.229 e. The van der Waals surface area contributed by atoms with Gasteiger partial charge < -0.3 is 10.6 Å². The molecule has 0 spiro atoms. The number of carbonyl (C=O) groups is 2. The fourth-order valence-corrected chi connectivity index (χ4v) is 7.71.